The molecule has 1 aliphatic rings. The normalized spacial score (nSPS) is 13.1. The molecule has 0 spiro atoms. The van der Waals surface area contributed by atoms with Crippen molar-refractivity contribution in [3.63, 3.8) is 0 Å². The van der Waals surface area contributed by atoms with Gasteiger partial charge in [-0.1, -0.05) is 38.0 Å². The number of nitrogens with one attached hydrogen (secondary N) is 1. The lowest BCUT2D eigenvalue weighted by atomic mass is 10.1. The van der Waals surface area contributed by atoms with E-state index in [1.165, 1.54) is 6.07 Å². The van der Waals surface area contributed by atoms with E-state index >= 15 is 0 Å². The molecule has 1 aromatic heterocycles. The van der Waals surface area contributed by atoms with Crippen LogP contribution in [0.15, 0.2) is 57.7 Å². The van der Waals surface area contributed by atoms with Crippen LogP contribution in [0.2, 0.25) is 0 Å². The van der Waals surface area contributed by atoms with Crippen LogP contribution < -0.4 is 20.6 Å². The quantitative estimate of drug-likeness (QED) is 0.494. The van der Waals surface area contributed by atoms with Gasteiger partial charge in [-0.3, -0.25) is 9.59 Å². The van der Waals surface area contributed by atoms with Gasteiger partial charge in [0.05, 0.1) is 5.69 Å². The Morgan fingerprint density at radius 2 is 1.93 bits per heavy atom. The van der Waals surface area contributed by atoms with E-state index in [0.29, 0.717) is 34.6 Å². The highest BCUT2D eigenvalue weighted by Gasteiger charge is 2.26. The minimum absolute atomic E-state index is 0.00294. The Kier molecular flexibility index (Phi) is 5.52. The number of nitrogens with zero attached hydrogens (tertiary/aromatic N) is 1. The molecule has 0 atom stereocenters. The van der Waals surface area contributed by atoms with Gasteiger partial charge in [-0.05, 0) is 36.8 Å². The Labute approximate surface area is 173 Å². The zero-order valence-electron chi connectivity index (χ0n) is 16.6. The smallest absolute Gasteiger partial charge is 0.349 e. The molecular formula is C23H22N2O5. The molecule has 2 amide bonds. The van der Waals surface area contributed by atoms with E-state index in [0.717, 1.165) is 19.3 Å². The highest BCUT2D eigenvalue weighted by Crippen LogP contribution is 2.35. The lowest BCUT2D eigenvalue weighted by molar-refractivity contribution is -0.121. The number of para-hydroxylation sites is 1. The lowest BCUT2D eigenvalue weighted by Crippen LogP contribution is -2.39. The van der Waals surface area contributed by atoms with Crippen molar-refractivity contribution in [2.24, 2.45) is 0 Å². The number of amides is 2. The summed E-state index contributed by atoms with van der Waals surface area (Å²) in [6, 6.07) is 13.6. The molecule has 0 radical (unpaired) electrons. The van der Waals surface area contributed by atoms with Crippen molar-refractivity contribution in [2.75, 3.05) is 23.4 Å². The van der Waals surface area contributed by atoms with Crippen LogP contribution >= 0.6 is 0 Å². The van der Waals surface area contributed by atoms with Crippen LogP contribution in [0.5, 0.6) is 5.75 Å². The van der Waals surface area contributed by atoms with Gasteiger partial charge >= 0.3 is 5.63 Å². The van der Waals surface area contributed by atoms with Crippen molar-refractivity contribution >= 4 is 34.2 Å². The van der Waals surface area contributed by atoms with Crippen LogP contribution in [-0.2, 0) is 4.79 Å². The summed E-state index contributed by atoms with van der Waals surface area (Å²) in [6.07, 6.45) is 2.96. The van der Waals surface area contributed by atoms with Gasteiger partial charge in [-0.25, -0.2) is 4.79 Å². The predicted octanol–water partition coefficient (Wildman–Crippen LogP) is 3.96. The van der Waals surface area contributed by atoms with Crippen LogP contribution in [0.1, 0.15) is 36.5 Å². The van der Waals surface area contributed by atoms with Gasteiger partial charge in [0.25, 0.3) is 11.8 Å². The molecule has 4 rings (SSSR count). The van der Waals surface area contributed by atoms with Crippen LogP contribution in [-0.4, -0.2) is 25.0 Å². The number of carbonyl (C=O) groups is 2. The maximum absolute atomic E-state index is 12.7. The highest BCUT2D eigenvalue weighted by atomic mass is 16.5. The number of hydrogen-bond donors (Lipinski definition) is 1. The molecule has 0 bridgehead atoms. The fraction of sp³-hybridized carbons (Fsp3) is 0.261. The molecule has 0 saturated carbocycles. The number of carbonyl (C=O) groups excluding carboxylic acids is 2. The maximum Gasteiger partial charge on any atom is 0.349 e. The summed E-state index contributed by atoms with van der Waals surface area (Å²) >= 11 is 0. The second-order valence-electron chi connectivity index (χ2n) is 7.16. The van der Waals surface area contributed by atoms with Crippen molar-refractivity contribution in [2.45, 2.75) is 26.2 Å². The number of rotatable bonds is 6. The van der Waals surface area contributed by atoms with Crippen molar-refractivity contribution in [1.82, 2.24) is 0 Å². The van der Waals surface area contributed by atoms with E-state index in [4.69, 9.17) is 9.15 Å². The van der Waals surface area contributed by atoms with Crippen molar-refractivity contribution in [3.8, 4) is 5.75 Å². The summed E-state index contributed by atoms with van der Waals surface area (Å²) in [5, 5.41) is 3.38. The number of benzene rings is 2. The average molecular weight is 406 g/mol. The second-order valence-corrected chi connectivity index (χ2v) is 7.16. The Morgan fingerprint density at radius 1 is 1.10 bits per heavy atom. The summed E-state index contributed by atoms with van der Waals surface area (Å²) in [6.45, 7) is 2.70. The third-order valence-electron chi connectivity index (χ3n) is 5.03. The summed E-state index contributed by atoms with van der Waals surface area (Å²) in [7, 11) is 0. The van der Waals surface area contributed by atoms with Crippen molar-refractivity contribution < 1.29 is 18.7 Å². The maximum atomic E-state index is 12.7. The number of anilines is 2. The fourth-order valence-corrected chi connectivity index (χ4v) is 3.46. The lowest BCUT2D eigenvalue weighted by Gasteiger charge is -2.29. The summed E-state index contributed by atoms with van der Waals surface area (Å²) in [5.74, 6) is -0.0957. The monoisotopic (exact) mass is 406 g/mol. The highest BCUT2D eigenvalue weighted by molar-refractivity contribution is 6.06. The van der Waals surface area contributed by atoms with E-state index in [1.54, 1.807) is 47.4 Å². The van der Waals surface area contributed by atoms with Gasteiger partial charge in [-0.2, -0.15) is 0 Å². The fourth-order valence-electron chi connectivity index (χ4n) is 3.46. The molecule has 0 saturated heterocycles. The van der Waals surface area contributed by atoms with Gasteiger partial charge in [0.15, 0.2) is 6.61 Å². The van der Waals surface area contributed by atoms with Gasteiger partial charge in [0, 0.05) is 17.6 Å². The molecule has 3 aromatic rings. The molecule has 0 aliphatic carbocycles. The first-order chi connectivity index (χ1) is 14.6. The summed E-state index contributed by atoms with van der Waals surface area (Å²) in [5.41, 5.74) is 0.712. The third kappa shape index (κ3) is 3.91. The number of unbranched alkanes of at least 4 members (excludes halogenated alkanes) is 2. The van der Waals surface area contributed by atoms with E-state index in [-0.39, 0.29) is 18.1 Å². The first-order valence-electron chi connectivity index (χ1n) is 9.98. The van der Waals surface area contributed by atoms with E-state index in [1.807, 2.05) is 0 Å². The molecule has 7 heteroatoms. The first kappa shape index (κ1) is 19.7. The second kappa shape index (κ2) is 8.41. The van der Waals surface area contributed by atoms with Crippen LogP contribution in [0.3, 0.4) is 0 Å². The largest absolute Gasteiger partial charge is 0.482 e. The average Bonchev–Trinajstić information content (AvgIpc) is 2.75. The predicted molar refractivity (Wildman–Crippen MR) is 114 cm³/mol. The number of fused-ring (bicyclic) bond motifs is 2. The van der Waals surface area contributed by atoms with Gasteiger partial charge < -0.3 is 19.4 Å². The van der Waals surface area contributed by atoms with Gasteiger partial charge in [0.1, 0.15) is 16.9 Å². The van der Waals surface area contributed by atoms with Gasteiger partial charge in [-0.15, -0.1) is 0 Å². The Bertz CT molecular complexity index is 1170. The molecule has 1 aliphatic heterocycles. The topological polar surface area (TPSA) is 88.8 Å². The van der Waals surface area contributed by atoms with E-state index in [2.05, 4.69) is 12.2 Å². The van der Waals surface area contributed by atoms with E-state index < -0.39 is 11.5 Å². The molecule has 7 nitrogen and oxygen atoms in total. The molecule has 0 fully saturated rings. The Morgan fingerprint density at radius 3 is 2.77 bits per heavy atom. The SMILES string of the molecule is CCCCCN1C(=O)COc2ccc(NC(=O)c3cc4ccccc4oc3=O)cc21. The Hall–Kier alpha value is -3.61. The van der Waals surface area contributed by atoms with Crippen LogP contribution in [0, 0.1) is 0 Å². The molecular weight excluding hydrogens is 384 g/mol. The molecule has 154 valence electrons. The van der Waals surface area contributed by atoms with Gasteiger partial charge in [0.2, 0.25) is 0 Å². The van der Waals surface area contributed by atoms with Crippen LogP contribution in [0.4, 0.5) is 11.4 Å². The van der Waals surface area contributed by atoms with Crippen LogP contribution in [0.25, 0.3) is 11.0 Å². The first-order valence-corrected chi connectivity index (χ1v) is 9.98. The molecule has 30 heavy (non-hydrogen) atoms. The standard InChI is InChI=1S/C23H22N2O5/c1-2-3-6-11-25-18-13-16(9-10-20(18)29-14-21(25)26)24-22(27)17-12-15-7-4-5-8-19(15)30-23(17)28/h4-5,7-10,12-13H,2-3,6,11,14H2,1H3,(H,24,27). The number of hydrogen-bond acceptors (Lipinski definition) is 5. The Balaban J connectivity index is 1.60. The van der Waals surface area contributed by atoms with Crippen molar-refractivity contribution in [1.29, 1.82) is 0 Å². The number of ether oxygens (including phenoxy) is 1. The minimum atomic E-state index is -0.705. The molecule has 0 unspecified atom stereocenters. The molecule has 2 aromatic carbocycles. The third-order valence-corrected chi connectivity index (χ3v) is 5.03. The zero-order chi connectivity index (χ0) is 21.1. The summed E-state index contributed by atoms with van der Waals surface area (Å²) in [4.78, 5) is 39.0. The minimum Gasteiger partial charge on any atom is -0.482 e. The van der Waals surface area contributed by atoms with Crippen molar-refractivity contribution in [3.05, 3.63) is 64.5 Å². The summed E-state index contributed by atoms with van der Waals surface area (Å²) < 4.78 is 10.8. The van der Waals surface area contributed by atoms with E-state index in [9.17, 15) is 14.4 Å². The zero-order valence-corrected chi connectivity index (χ0v) is 16.6. The molecule has 2 heterocycles. The molecule has 1 N–H and O–H groups in total.